The average Bonchev–Trinajstić information content (AvgIpc) is 2.27. The van der Waals surface area contributed by atoms with Gasteiger partial charge in [-0.05, 0) is 18.2 Å². The molecule has 0 aromatic heterocycles. The van der Waals surface area contributed by atoms with Crippen LogP contribution < -0.4 is 10.1 Å². The van der Waals surface area contributed by atoms with E-state index in [0.29, 0.717) is 24.0 Å². The number of alkyl carbamates (subject to hydrolysis) is 1. The van der Waals surface area contributed by atoms with Crippen molar-refractivity contribution in [2.24, 2.45) is 0 Å². The highest BCUT2D eigenvalue weighted by Crippen LogP contribution is 2.17. The minimum atomic E-state index is -0.383. The average molecular weight is 242 g/mol. The highest BCUT2D eigenvalue weighted by molar-refractivity contribution is 6.30. The van der Waals surface area contributed by atoms with Crippen LogP contribution in [0.5, 0.6) is 5.75 Å². The minimum absolute atomic E-state index is 0.000214. The van der Waals surface area contributed by atoms with Crippen molar-refractivity contribution in [3.8, 4) is 5.75 Å². The Kier molecular flexibility index (Phi) is 3.51. The molecule has 0 saturated carbocycles. The maximum Gasteiger partial charge on any atom is 0.407 e. The Labute approximate surface area is 98.5 Å². The lowest BCUT2D eigenvalue weighted by Gasteiger charge is -2.23. The van der Waals surface area contributed by atoms with Gasteiger partial charge < -0.3 is 14.8 Å². The molecule has 2 rings (SSSR count). The van der Waals surface area contributed by atoms with Gasteiger partial charge in [0, 0.05) is 11.4 Å². The van der Waals surface area contributed by atoms with E-state index < -0.39 is 0 Å². The molecule has 0 radical (unpaired) electrons. The fraction of sp³-hybridized carbons (Fsp3) is 0.364. The van der Waals surface area contributed by atoms with E-state index in [1.54, 1.807) is 12.1 Å². The smallest absolute Gasteiger partial charge is 0.407 e. The molecule has 1 aromatic carbocycles. The number of ether oxygens (including phenoxy) is 2. The van der Waals surface area contributed by atoms with Crippen molar-refractivity contribution in [3.05, 3.63) is 29.3 Å². The van der Waals surface area contributed by atoms with E-state index in [1.807, 2.05) is 12.1 Å². The Hall–Kier alpha value is -1.42. The van der Waals surface area contributed by atoms with Crippen LogP contribution in [0, 0.1) is 0 Å². The molecule has 1 atom stereocenters. The van der Waals surface area contributed by atoms with Gasteiger partial charge in [-0.1, -0.05) is 17.7 Å². The number of carbonyl (C=O) groups is 1. The van der Waals surface area contributed by atoms with Crippen LogP contribution in [0.3, 0.4) is 0 Å². The number of halogens is 1. The molecule has 1 fully saturated rings. The molecule has 1 saturated heterocycles. The van der Waals surface area contributed by atoms with Crippen molar-refractivity contribution < 1.29 is 14.3 Å². The van der Waals surface area contributed by atoms with Crippen LogP contribution in [0.4, 0.5) is 4.79 Å². The second-order valence-electron chi connectivity index (χ2n) is 3.53. The number of cyclic esters (lactones) is 1. The standard InChI is InChI=1S/C11H12ClNO3/c12-8-2-1-3-10(6-8)16-7-9-4-5-15-11(14)13-9/h1-3,6,9H,4-5,7H2,(H,13,14). The lowest BCUT2D eigenvalue weighted by atomic mass is 10.2. The van der Waals surface area contributed by atoms with E-state index in [0.717, 1.165) is 6.42 Å². The summed E-state index contributed by atoms with van der Waals surface area (Å²) in [5.41, 5.74) is 0. The summed E-state index contributed by atoms with van der Waals surface area (Å²) in [6, 6.07) is 7.17. The molecule has 1 aliphatic heterocycles. The first-order valence-electron chi connectivity index (χ1n) is 5.06. The van der Waals surface area contributed by atoms with Crippen LogP contribution in [0.15, 0.2) is 24.3 Å². The third kappa shape index (κ3) is 3.03. The van der Waals surface area contributed by atoms with Crippen LogP contribution in [0.2, 0.25) is 5.02 Å². The van der Waals surface area contributed by atoms with E-state index in [9.17, 15) is 4.79 Å². The van der Waals surface area contributed by atoms with Gasteiger partial charge in [0.1, 0.15) is 12.4 Å². The SMILES string of the molecule is O=C1NC(COc2cccc(Cl)c2)CCO1. The molecule has 16 heavy (non-hydrogen) atoms. The maximum absolute atomic E-state index is 10.9. The Morgan fingerprint density at radius 3 is 3.19 bits per heavy atom. The normalized spacial score (nSPS) is 19.8. The summed E-state index contributed by atoms with van der Waals surface area (Å²) in [6.45, 7) is 0.866. The summed E-state index contributed by atoms with van der Waals surface area (Å²) in [7, 11) is 0. The molecule has 5 heteroatoms. The zero-order chi connectivity index (χ0) is 11.4. The van der Waals surface area contributed by atoms with Gasteiger partial charge in [0.25, 0.3) is 0 Å². The maximum atomic E-state index is 10.9. The predicted octanol–water partition coefficient (Wildman–Crippen LogP) is 2.22. The van der Waals surface area contributed by atoms with Crippen molar-refractivity contribution >= 4 is 17.7 Å². The highest BCUT2D eigenvalue weighted by atomic mass is 35.5. The number of nitrogens with one attached hydrogen (secondary N) is 1. The lowest BCUT2D eigenvalue weighted by Crippen LogP contribution is -2.44. The molecule has 0 bridgehead atoms. The summed E-state index contributed by atoms with van der Waals surface area (Å²) in [5.74, 6) is 0.702. The Morgan fingerprint density at radius 1 is 1.56 bits per heavy atom. The van der Waals surface area contributed by atoms with Gasteiger partial charge >= 0.3 is 6.09 Å². The van der Waals surface area contributed by atoms with E-state index >= 15 is 0 Å². The Balaban J connectivity index is 1.85. The topological polar surface area (TPSA) is 47.6 Å². The first-order valence-corrected chi connectivity index (χ1v) is 5.43. The van der Waals surface area contributed by atoms with Gasteiger partial charge in [-0.15, -0.1) is 0 Å². The molecule has 0 spiro atoms. The molecule has 1 amide bonds. The summed E-state index contributed by atoms with van der Waals surface area (Å²) in [4.78, 5) is 10.9. The fourth-order valence-electron chi connectivity index (χ4n) is 1.45. The van der Waals surface area contributed by atoms with Gasteiger partial charge in [-0.3, -0.25) is 0 Å². The Bertz CT molecular complexity index is 383. The summed E-state index contributed by atoms with van der Waals surface area (Å²) >= 11 is 5.82. The van der Waals surface area contributed by atoms with Gasteiger partial charge in [-0.25, -0.2) is 4.79 Å². The largest absolute Gasteiger partial charge is 0.491 e. The van der Waals surface area contributed by atoms with Gasteiger partial charge in [0.15, 0.2) is 0 Å². The molecule has 1 aromatic rings. The molecule has 0 aliphatic carbocycles. The molecular formula is C11H12ClNO3. The van der Waals surface area contributed by atoms with Gasteiger partial charge in [0.2, 0.25) is 0 Å². The number of amides is 1. The fourth-order valence-corrected chi connectivity index (χ4v) is 1.63. The molecule has 1 aliphatic rings. The summed E-state index contributed by atoms with van der Waals surface area (Å²) < 4.78 is 10.3. The zero-order valence-electron chi connectivity index (χ0n) is 8.61. The third-order valence-electron chi connectivity index (χ3n) is 2.27. The second kappa shape index (κ2) is 5.07. The lowest BCUT2D eigenvalue weighted by molar-refractivity contribution is 0.103. The van der Waals surface area contributed by atoms with Crippen LogP contribution in [-0.4, -0.2) is 25.3 Å². The molecule has 1 heterocycles. The number of hydrogen-bond donors (Lipinski definition) is 1. The monoisotopic (exact) mass is 241 g/mol. The summed E-state index contributed by atoms with van der Waals surface area (Å²) in [5, 5.41) is 3.31. The van der Waals surface area contributed by atoms with E-state index in [1.165, 1.54) is 0 Å². The second-order valence-corrected chi connectivity index (χ2v) is 3.97. The van der Waals surface area contributed by atoms with E-state index in [-0.39, 0.29) is 12.1 Å². The van der Waals surface area contributed by atoms with Gasteiger partial charge in [-0.2, -0.15) is 0 Å². The number of rotatable bonds is 3. The Morgan fingerprint density at radius 2 is 2.44 bits per heavy atom. The van der Waals surface area contributed by atoms with E-state index in [2.05, 4.69) is 5.32 Å². The predicted molar refractivity (Wildman–Crippen MR) is 59.8 cm³/mol. The van der Waals surface area contributed by atoms with Crippen molar-refractivity contribution in [1.29, 1.82) is 0 Å². The molecule has 86 valence electrons. The van der Waals surface area contributed by atoms with Gasteiger partial charge in [0.05, 0.1) is 12.6 Å². The van der Waals surface area contributed by atoms with Crippen LogP contribution in [0.1, 0.15) is 6.42 Å². The van der Waals surface area contributed by atoms with Crippen molar-refractivity contribution in [3.63, 3.8) is 0 Å². The van der Waals surface area contributed by atoms with Crippen molar-refractivity contribution in [2.75, 3.05) is 13.2 Å². The molecule has 1 unspecified atom stereocenters. The first kappa shape index (κ1) is 11.1. The molecular weight excluding hydrogens is 230 g/mol. The zero-order valence-corrected chi connectivity index (χ0v) is 9.37. The minimum Gasteiger partial charge on any atom is -0.491 e. The number of carbonyl (C=O) groups excluding carboxylic acids is 1. The number of benzene rings is 1. The van der Waals surface area contributed by atoms with Crippen LogP contribution in [-0.2, 0) is 4.74 Å². The quantitative estimate of drug-likeness (QED) is 0.883. The van der Waals surface area contributed by atoms with Crippen LogP contribution >= 0.6 is 11.6 Å². The summed E-state index contributed by atoms with van der Waals surface area (Å²) in [6.07, 6.45) is 0.373. The van der Waals surface area contributed by atoms with E-state index in [4.69, 9.17) is 21.1 Å². The third-order valence-corrected chi connectivity index (χ3v) is 2.50. The first-order chi connectivity index (χ1) is 7.74. The molecule has 1 N–H and O–H groups in total. The van der Waals surface area contributed by atoms with Crippen molar-refractivity contribution in [1.82, 2.24) is 5.32 Å². The number of hydrogen-bond acceptors (Lipinski definition) is 3. The van der Waals surface area contributed by atoms with Crippen molar-refractivity contribution in [2.45, 2.75) is 12.5 Å². The van der Waals surface area contributed by atoms with Crippen LogP contribution in [0.25, 0.3) is 0 Å². The molecule has 4 nitrogen and oxygen atoms in total. The highest BCUT2D eigenvalue weighted by Gasteiger charge is 2.19.